The predicted molar refractivity (Wildman–Crippen MR) is 89.6 cm³/mol. The van der Waals surface area contributed by atoms with Crippen molar-refractivity contribution in [3.05, 3.63) is 16.1 Å². The van der Waals surface area contributed by atoms with Gasteiger partial charge in [0.2, 0.25) is 0 Å². The quantitative estimate of drug-likeness (QED) is 0.889. The van der Waals surface area contributed by atoms with Crippen LogP contribution in [-0.4, -0.2) is 36.3 Å². The molecule has 4 rings (SSSR count). The fraction of sp³-hybridized carbons (Fsp3) is 0.765. The second-order valence-electron chi connectivity index (χ2n) is 7.18. The Balaban J connectivity index is 1.29. The van der Waals surface area contributed by atoms with Crippen LogP contribution in [0, 0.1) is 18.3 Å². The molecule has 3 fully saturated rings. The lowest BCUT2D eigenvalue weighted by molar-refractivity contribution is -0.126. The number of rotatable bonds is 4. The summed E-state index contributed by atoms with van der Waals surface area (Å²) in [6.45, 7) is 3.56. The van der Waals surface area contributed by atoms with Crippen LogP contribution in [0.1, 0.15) is 42.0 Å². The van der Waals surface area contributed by atoms with Crippen LogP contribution in [0.3, 0.4) is 0 Å². The van der Waals surface area contributed by atoms with E-state index in [4.69, 9.17) is 4.74 Å². The average molecular weight is 335 g/mol. The Morgan fingerprint density at radius 3 is 3.04 bits per heavy atom. The van der Waals surface area contributed by atoms with E-state index in [0.29, 0.717) is 24.6 Å². The molecule has 126 valence electrons. The van der Waals surface area contributed by atoms with E-state index in [0.717, 1.165) is 24.5 Å². The van der Waals surface area contributed by atoms with Crippen LogP contribution in [0.25, 0.3) is 0 Å². The monoisotopic (exact) mass is 335 g/mol. The summed E-state index contributed by atoms with van der Waals surface area (Å²) >= 11 is 1.70. The highest BCUT2D eigenvalue weighted by atomic mass is 32.1. The molecule has 0 bridgehead atoms. The molecule has 0 radical (unpaired) electrons. The van der Waals surface area contributed by atoms with Gasteiger partial charge in [-0.05, 0) is 26.2 Å². The molecule has 1 saturated heterocycles. The van der Waals surface area contributed by atoms with Gasteiger partial charge in [-0.3, -0.25) is 0 Å². The van der Waals surface area contributed by atoms with Crippen molar-refractivity contribution in [2.75, 3.05) is 13.2 Å². The highest BCUT2D eigenvalue weighted by Crippen LogP contribution is 2.60. The van der Waals surface area contributed by atoms with Gasteiger partial charge < -0.3 is 15.4 Å². The lowest BCUT2D eigenvalue weighted by Crippen LogP contribution is -2.69. The molecular weight excluding hydrogens is 310 g/mol. The Hall–Kier alpha value is -1.14. The van der Waals surface area contributed by atoms with Crippen molar-refractivity contribution in [2.45, 2.75) is 57.6 Å². The first kappa shape index (κ1) is 15.4. The number of ether oxygens (including phenoxy) is 1. The summed E-state index contributed by atoms with van der Waals surface area (Å²) < 4.78 is 5.96. The molecule has 1 aromatic heterocycles. The molecule has 2 aliphatic carbocycles. The topological polar surface area (TPSA) is 63.2 Å². The van der Waals surface area contributed by atoms with Gasteiger partial charge in [-0.25, -0.2) is 9.78 Å². The average Bonchev–Trinajstić information content (AvgIpc) is 3.24. The van der Waals surface area contributed by atoms with Crippen LogP contribution in [0.15, 0.2) is 6.20 Å². The number of hydrogen-bond acceptors (Lipinski definition) is 4. The van der Waals surface area contributed by atoms with Crippen molar-refractivity contribution in [3.63, 3.8) is 0 Å². The molecule has 2 heterocycles. The van der Waals surface area contributed by atoms with E-state index in [1.807, 2.05) is 6.20 Å². The first-order chi connectivity index (χ1) is 11.2. The number of nitrogens with zero attached hydrogens (tertiary/aromatic N) is 1. The van der Waals surface area contributed by atoms with Gasteiger partial charge in [0.1, 0.15) is 0 Å². The lowest BCUT2D eigenvalue weighted by atomic mass is 9.54. The molecular formula is C17H25N3O2S. The summed E-state index contributed by atoms with van der Waals surface area (Å²) in [6, 6.07) is 0.277. The molecule has 2 N–H and O–H groups in total. The van der Waals surface area contributed by atoms with Crippen molar-refractivity contribution in [1.29, 1.82) is 0 Å². The Labute approximate surface area is 141 Å². The third kappa shape index (κ3) is 2.66. The van der Waals surface area contributed by atoms with Crippen LogP contribution >= 0.6 is 11.3 Å². The molecule has 1 spiro atoms. The van der Waals surface area contributed by atoms with Gasteiger partial charge in [-0.15, -0.1) is 11.3 Å². The smallest absolute Gasteiger partial charge is 0.315 e. The summed E-state index contributed by atoms with van der Waals surface area (Å²) in [5.74, 6) is 0.528. The van der Waals surface area contributed by atoms with Gasteiger partial charge in [-0.1, -0.05) is 12.8 Å². The van der Waals surface area contributed by atoms with Crippen molar-refractivity contribution >= 4 is 17.4 Å². The van der Waals surface area contributed by atoms with Gasteiger partial charge in [0.25, 0.3) is 0 Å². The molecule has 0 unspecified atom stereocenters. The number of nitrogens with one attached hydrogen (secondary N) is 2. The molecule has 3 atom stereocenters. The number of fused-ring (bicyclic) bond motifs is 2. The maximum absolute atomic E-state index is 12.3. The number of aromatic nitrogens is 1. The summed E-state index contributed by atoms with van der Waals surface area (Å²) in [5, 5.41) is 7.35. The molecule has 1 aromatic rings. The highest BCUT2D eigenvalue weighted by molar-refractivity contribution is 7.11. The van der Waals surface area contributed by atoms with Crippen LogP contribution in [0.5, 0.6) is 0 Å². The first-order valence-electron chi connectivity index (χ1n) is 8.76. The maximum Gasteiger partial charge on any atom is 0.315 e. The van der Waals surface area contributed by atoms with Crippen LogP contribution in [-0.2, 0) is 11.2 Å². The second kappa shape index (κ2) is 6.06. The minimum absolute atomic E-state index is 0.0279. The normalized spacial score (nSPS) is 30.9. The SMILES string of the molecule is Cc1cnc(CCNC(=O)N[C@@H]2[C@@H]3CCO[C@H]3C23CCCC3)s1. The standard InChI is InChI=1S/C17H25N3O2S/c1-11-10-19-13(23-11)4-8-18-16(21)20-14-12-5-9-22-15(12)17(14)6-2-3-7-17/h10,12,14-15H,2-9H2,1H3,(H2,18,20,21)/t12-,14+,15+/m0/s1. The number of urea groups is 1. The van der Waals surface area contributed by atoms with Crippen molar-refractivity contribution in [1.82, 2.24) is 15.6 Å². The summed E-state index contributed by atoms with van der Waals surface area (Å²) in [7, 11) is 0. The Kier molecular flexibility index (Phi) is 4.05. The second-order valence-corrected chi connectivity index (χ2v) is 8.50. The highest BCUT2D eigenvalue weighted by Gasteiger charge is 2.65. The van der Waals surface area contributed by atoms with Gasteiger partial charge >= 0.3 is 6.03 Å². The first-order valence-corrected chi connectivity index (χ1v) is 9.58. The molecule has 6 heteroatoms. The predicted octanol–water partition coefficient (Wildman–Crippen LogP) is 2.64. The Morgan fingerprint density at radius 2 is 2.30 bits per heavy atom. The van der Waals surface area contributed by atoms with E-state index in [9.17, 15) is 4.79 Å². The van der Waals surface area contributed by atoms with E-state index in [-0.39, 0.29) is 11.4 Å². The number of aryl methyl sites for hydroxylation is 1. The van der Waals surface area contributed by atoms with Crippen molar-refractivity contribution in [2.24, 2.45) is 11.3 Å². The van der Waals surface area contributed by atoms with Crippen molar-refractivity contribution < 1.29 is 9.53 Å². The van der Waals surface area contributed by atoms with Crippen LogP contribution in [0.2, 0.25) is 0 Å². The third-order valence-electron chi connectivity index (χ3n) is 5.87. The number of hydrogen-bond donors (Lipinski definition) is 2. The van der Waals surface area contributed by atoms with E-state index >= 15 is 0 Å². The fourth-order valence-corrected chi connectivity index (χ4v) is 5.68. The largest absolute Gasteiger partial charge is 0.377 e. The minimum Gasteiger partial charge on any atom is -0.377 e. The molecule has 1 aliphatic heterocycles. The van der Waals surface area contributed by atoms with Crippen molar-refractivity contribution in [3.8, 4) is 0 Å². The number of amides is 2. The zero-order valence-corrected chi connectivity index (χ0v) is 14.5. The Bertz CT molecular complexity index is 582. The van der Waals surface area contributed by atoms with E-state index in [1.165, 1.54) is 30.6 Å². The zero-order valence-electron chi connectivity index (χ0n) is 13.6. The summed E-state index contributed by atoms with van der Waals surface area (Å²) in [5.41, 5.74) is 0.227. The van der Waals surface area contributed by atoms with Crippen LogP contribution in [0.4, 0.5) is 4.79 Å². The molecule has 3 aliphatic rings. The zero-order chi connectivity index (χ0) is 15.9. The van der Waals surface area contributed by atoms with E-state index < -0.39 is 0 Å². The Morgan fingerprint density at radius 1 is 1.48 bits per heavy atom. The number of carbonyl (C=O) groups is 1. The molecule has 5 nitrogen and oxygen atoms in total. The molecule has 2 saturated carbocycles. The van der Waals surface area contributed by atoms with E-state index in [2.05, 4.69) is 22.5 Å². The van der Waals surface area contributed by atoms with Gasteiger partial charge in [0.15, 0.2) is 0 Å². The fourth-order valence-electron chi connectivity index (χ4n) is 4.90. The van der Waals surface area contributed by atoms with Gasteiger partial charge in [0, 0.05) is 48.0 Å². The minimum atomic E-state index is -0.0279. The number of thiazole rings is 1. The van der Waals surface area contributed by atoms with Gasteiger partial charge in [0.05, 0.1) is 11.1 Å². The van der Waals surface area contributed by atoms with E-state index in [1.54, 1.807) is 11.3 Å². The van der Waals surface area contributed by atoms with Gasteiger partial charge in [-0.2, -0.15) is 0 Å². The molecule has 2 amide bonds. The maximum atomic E-state index is 12.3. The molecule has 0 aromatic carbocycles. The third-order valence-corrected chi connectivity index (χ3v) is 6.84. The lowest BCUT2D eigenvalue weighted by Gasteiger charge is -2.56. The summed E-state index contributed by atoms with van der Waals surface area (Å²) in [6.07, 6.45) is 9.14. The summed E-state index contributed by atoms with van der Waals surface area (Å²) in [4.78, 5) is 17.8. The molecule has 23 heavy (non-hydrogen) atoms. The van der Waals surface area contributed by atoms with Crippen LogP contribution < -0.4 is 10.6 Å². The number of carbonyl (C=O) groups excluding carboxylic acids is 1.